The molecule has 0 spiro atoms. The van der Waals surface area contributed by atoms with E-state index >= 15 is 0 Å². The maximum absolute atomic E-state index is 12.1. The maximum atomic E-state index is 12.1. The van der Waals surface area contributed by atoms with Crippen molar-refractivity contribution in [2.75, 3.05) is 5.32 Å². The summed E-state index contributed by atoms with van der Waals surface area (Å²) in [4.78, 5) is 16.5. The number of nitrogens with zero attached hydrogens (tertiary/aromatic N) is 1. The third kappa shape index (κ3) is 2.37. The number of aliphatic imine (C=N–C) groups is 1. The number of halogens is 2. The van der Waals surface area contributed by atoms with Gasteiger partial charge in [0.15, 0.2) is 0 Å². The number of hydrogen-bond donors (Lipinski definition) is 1. The number of anilines is 1. The molecule has 1 aliphatic heterocycles. The Balaban J connectivity index is 2.15. The molecule has 0 fully saturated rings. The molecule has 0 radical (unpaired) electrons. The Bertz CT molecular complexity index is 756. The first kappa shape index (κ1) is 13.3. The van der Waals surface area contributed by atoms with E-state index in [4.69, 9.17) is 11.6 Å². The first-order valence-corrected chi connectivity index (χ1v) is 7.18. The Hall–Kier alpha value is -1.65. The fourth-order valence-electron chi connectivity index (χ4n) is 2.18. The summed E-state index contributed by atoms with van der Waals surface area (Å²) in [6.07, 6.45) is 0. The molecule has 1 amide bonds. The average molecular weight is 350 g/mol. The van der Waals surface area contributed by atoms with Crippen LogP contribution in [0, 0.1) is 6.92 Å². The number of carbonyl (C=O) groups is 1. The Morgan fingerprint density at radius 2 is 2.05 bits per heavy atom. The van der Waals surface area contributed by atoms with Crippen LogP contribution in [0.15, 0.2) is 45.9 Å². The molecule has 3 nitrogen and oxygen atoms in total. The van der Waals surface area contributed by atoms with Crippen molar-refractivity contribution in [3.63, 3.8) is 0 Å². The van der Waals surface area contributed by atoms with Gasteiger partial charge in [-0.25, -0.2) is 4.99 Å². The molecular weight excluding hydrogens is 340 g/mol. The lowest BCUT2D eigenvalue weighted by Gasteiger charge is -2.03. The molecule has 0 saturated heterocycles. The third-order valence-electron chi connectivity index (χ3n) is 3.06. The number of amides is 1. The summed E-state index contributed by atoms with van der Waals surface area (Å²) in [5.74, 6) is -0.193. The average Bonchev–Trinajstić information content (AvgIpc) is 2.68. The number of carbonyl (C=O) groups excluding carboxylic acids is 1. The van der Waals surface area contributed by atoms with Crippen LogP contribution < -0.4 is 5.32 Å². The third-order valence-corrected chi connectivity index (χ3v) is 3.75. The zero-order chi connectivity index (χ0) is 14.3. The smallest absolute Gasteiger partial charge is 0.275 e. The number of hydrogen-bond acceptors (Lipinski definition) is 2. The van der Waals surface area contributed by atoms with Crippen LogP contribution in [0.25, 0.3) is 0 Å². The first-order chi connectivity index (χ1) is 9.54. The summed E-state index contributed by atoms with van der Waals surface area (Å²) in [5, 5.41) is 3.45. The molecule has 2 aromatic rings. The Kier molecular flexibility index (Phi) is 3.36. The van der Waals surface area contributed by atoms with Crippen molar-refractivity contribution in [1.82, 2.24) is 0 Å². The highest BCUT2D eigenvalue weighted by molar-refractivity contribution is 9.10. The van der Waals surface area contributed by atoms with Crippen LogP contribution in [0.2, 0.25) is 5.02 Å². The van der Waals surface area contributed by atoms with Crippen LogP contribution >= 0.6 is 27.5 Å². The van der Waals surface area contributed by atoms with Gasteiger partial charge < -0.3 is 5.32 Å². The van der Waals surface area contributed by atoms with Crippen LogP contribution in [0.3, 0.4) is 0 Å². The van der Waals surface area contributed by atoms with Crippen molar-refractivity contribution in [2.24, 2.45) is 4.99 Å². The maximum Gasteiger partial charge on any atom is 0.275 e. The molecule has 1 N–H and O–H groups in total. The van der Waals surface area contributed by atoms with E-state index in [1.165, 1.54) is 0 Å². The second-order valence-corrected chi connectivity index (χ2v) is 5.89. The van der Waals surface area contributed by atoms with E-state index in [0.29, 0.717) is 16.4 Å². The Morgan fingerprint density at radius 3 is 2.80 bits per heavy atom. The number of fused-ring (bicyclic) bond motifs is 1. The lowest BCUT2D eigenvalue weighted by Crippen LogP contribution is -2.13. The van der Waals surface area contributed by atoms with Gasteiger partial charge >= 0.3 is 0 Å². The minimum atomic E-state index is -0.193. The van der Waals surface area contributed by atoms with Crippen molar-refractivity contribution in [3.8, 4) is 0 Å². The van der Waals surface area contributed by atoms with Gasteiger partial charge in [0.25, 0.3) is 5.91 Å². The van der Waals surface area contributed by atoms with Gasteiger partial charge in [0.05, 0.1) is 11.4 Å². The predicted molar refractivity (Wildman–Crippen MR) is 85.2 cm³/mol. The fraction of sp³-hybridized carbons (Fsp3) is 0.0667. The minimum Gasteiger partial charge on any atom is -0.320 e. The normalized spacial score (nSPS) is 15.3. The van der Waals surface area contributed by atoms with Crippen molar-refractivity contribution in [3.05, 3.63) is 57.0 Å². The molecule has 1 heterocycles. The largest absolute Gasteiger partial charge is 0.320 e. The van der Waals surface area contributed by atoms with Crippen LogP contribution in [0.1, 0.15) is 11.1 Å². The van der Waals surface area contributed by atoms with Crippen LogP contribution in [-0.2, 0) is 4.79 Å². The number of benzene rings is 2. The molecule has 3 rings (SSSR count). The molecule has 0 aliphatic carbocycles. The summed E-state index contributed by atoms with van der Waals surface area (Å²) < 4.78 is 0.920. The van der Waals surface area contributed by atoms with Gasteiger partial charge in [0.1, 0.15) is 5.71 Å². The Morgan fingerprint density at radius 1 is 1.25 bits per heavy atom. The summed E-state index contributed by atoms with van der Waals surface area (Å²) in [5.41, 5.74) is 3.69. The first-order valence-electron chi connectivity index (χ1n) is 6.01. The predicted octanol–water partition coefficient (Wildman–Crippen LogP) is 4.48. The van der Waals surface area contributed by atoms with E-state index in [9.17, 15) is 4.79 Å². The molecule has 0 bridgehead atoms. The number of nitrogens with one attached hydrogen (secondary N) is 1. The van der Waals surface area contributed by atoms with Crippen LogP contribution in [-0.4, -0.2) is 11.6 Å². The van der Waals surface area contributed by atoms with E-state index in [1.54, 1.807) is 12.1 Å². The molecule has 2 aromatic carbocycles. The van der Waals surface area contributed by atoms with Crippen LogP contribution in [0.4, 0.5) is 11.4 Å². The molecule has 100 valence electrons. The Labute approximate surface area is 129 Å². The second kappa shape index (κ2) is 5.04. The van der Waals surface area contributed by atoms with Crippen LogP contribution in [0.5, 0.6) is 0 Å². The summed E-state index contributed by atoms with van der Waals surface area (Å²) >= 11 is 9.39. The molecule has 0 saturated carbocycles. The van der Waals surface area contributed by atoms with Crippen molar-refractivity contribution < 1.29 is 4.79 Å². The molecule has 0 atom stereocenters. The van der Waals surface area contributed by atoms with Crippen molar-refractivity contribution >= 4 is 50.5 Å². The molecule has 0 unspecified atom stereocenters. The highest BCUT2D eigenvalue weighted by atomic mass is 79.9. The van der Waals surface area contributed by atoms with Crippen molar-refractivity contribution in [2.45, 2.75) is 6.92 Å². The topological polar surface area (TPSA) is 41.5 Å². The van der Waals surface area contributed by atoms with E-state index in [2.05, 4.69) is 26.2 Å². The quantitative estimate of drug-likeness (QED) is 0.810. The lowest BCUT2D eigenvalue weighted by atomic mass is 10.1. The van der Waals surface area contributed by atoms with Gasteiger partial charge in [-0.05, 0) is 42.8 Å². The zero-order valence-corrected chi connectivity index (χ0v) is 12.9. The van der Waals surface area contributed by atoms with E-state index in [1.807, 2.05) is 31.2 Å². The SMILES string of the molecule is Cc1cc(Br)cc2c1NC(=O)C2=Nc1cccc(Cl)c1. The van der Waals surface area contributed by atoms with E-state index < -0.39 is 0 Å². The fourth-order valence-corrected chi connectivity index (χ4v) is 2.93. The highest BCUT2D eigenvalue weighted by Crippen LogP contribution is 2.32. The standard InChI is InChI=1S/C15H10BrClN2O/c1-8-5-9(16)6-12-13(8)19-15(20)14(12)18-11-4-2-3-10(17)7-11/h2-7H,1H3,(H,18,19,20). The summed E-state index contributed by atoms with van der Waals surface area (Å²) in [7, 11) is 0. The number of aryl methyl sites for hydroxylation is 1. The minimum absolute atomic E-state index is 0.193. The van der Waals surface area contributed by atoms with Gasteiger partial charge in [-0.3, -0.25) is 4.79 Å². The van der Waals surface area contributed by atoms with Gasteiger partial charge in [-0.1, -0.05) is 33.6 Å². The summed E-state index contributed by atoms with van der Waals surface area (Å²) in [6, 6.07) is 11.0. The monoisotopic (exact) mass is 348 g/mol. The lowest BCUT2D eigenvalue weighted by molar-refractivity contribution is -0.110. The number of rotatable bonds is 1. The zero-order valence-electron chi connectivity index (χ0n) is 10.6. The van der Waals surface area contributed by atoms with Gasteiger partial charge in [-0.2, -0.15) is 0 Å². The van der Waals surface area contributed by atoms with Gasteiger partial charge in [0.2, 0.25) is 0 Å². The highest BCUT2D eigenvalue weighted by Gasteiger charge is 2.27. The molecule has 1 aliphatic rings. The van der Waals surface area contributed by atoms with E-state index in [0.717, 1.165) is 21.3 Å². The molecule has 5 heteroatoms. The van der Waals surface area contributed by atoms with E-state index in [-0.39, 0.29) is 5.91 Å². The van der Waals surface area contributed by atoms with Gasteiger partial charge in [0, 0.05) is 15.1 Å². The second-order valence-electron chi connectivity index (χ2n) is 4.54. The summed E-state index contributed by atoms with van der Waals surface area (Å²) in [6.45, 7) is 1.95. The van der Waals surface area contributed by atoms with Crippen molar-refractivity contribution in [1.29, 1.82) is 0 Å². The molecular formula is C15H10BrClN2O. The van der Waals surface area contributed by atoms with Gasteiger partial charge in [-0.15, -0.1) is 0 Å². The molecule has 20 heavy (non-hydrogen) atoms. The molecule has 0 aromatic heterocycles.